The van der Waals surface area contributed by atoms with Gasteiger partial charge in [-0.15, -0.1) is 0 Å². The summed E-state index contributed by atoms with van der Waals surface area (Å²) in [7, 11) is 0. The number of fused-ring (bicyclic) bond motifs is 1. The van der Waals surface area contributed by atoms with Crippen molar-refractivity contribution in [3.05, 3.63) is 94.0 Å². The Kier molecular flexibility index (Phi) is 5.92. The van der Waals surface area contributed by atoms with Gasteiger partial charge in [-0.2, -0.15) is 13.2 Å². The van der Waals surface area contributed by atoms with Crippen LogP contribution in [0.5, 0.6) is 0 Å². The first kappa shape index (κ1) is 21.2. The van der Waals surface area contributed by atoms with Crippen molar-refractivity contribution in [1.82, 2.24) is 0 Å². The van der Waals surface area contributed by atoms with Crippen molar-refractivity contribution < 1.29 is 18.0 Å². The molecule has 4 rings (SSSR count). The molecule has 31 heavy (non-hydrogen) atoms. The van der Waals surface area contributed by atoms with Crippen LogP contribution in [0.2, 0.25) is 5.02 Å². The molecule has 0 saturated heterocycles. The molecule has 0 bridgehead atoms. The fourth-order valence-corrected chi connectivity index (χ4v) is 3.98. The molecule has 3 aromatic carbocycles. The molecule has 1 heterocycles. The van der Waals surface area contributed by atoms with Crippen LogP contribution in [-0.4, -0.2) is 12.5 Å². The Morgan fingerprint density at radius 3 is 2.52 bits per heavy atom. The Balaban J connectivity index is 1.48. The lowest BCUT2D eigenvalue weighted by Crippen LogP contribution is -2.28. The van der Waals surface area contributed by atoms with Crippen molar-refractivity contribution in [2.45, 2.75) is 25.6 Å². The summed E-state index contributed by atoms with van der Waals surface area (Å²) in [5.41, 5.74) is 2.55. The first-order chi connectivity index (χ1) is 14.8. The van der Waals surface area contributed by atoms with Gasteiger partial charge in [-0.1, -0.05) is 41.9 Å². The summed E-state index contributed by atoms with van der Waals surface area (Å²) < 4.78 is 39.7. The van der Waals surface area contributed by atoms with Crippen LogP contribution in [0.15, 0.2) is 66.7 Å². The zero-order valence-electron chi connectivity index (χ0n) is 16.5. The zero-order chi connectivity index (χ0) is 22.0. The largest absolute Gasteiger partial charge is 0.418 e. The molecule has 0 atom stereocenters. The lowest BCUT2D eigenvalue weighted by Gasteiger charge is -2.31. The molecule has 3 nitrogen and oxygen atoms in total. The minimum atomic E-state index is -4.62. The summed E-state index contributed by atoms with van der Waals surface area (Å²) in [5, 5.41) is 2.30. The van der Waals surface area contributed by atoms with Crippen LogP contribution in [0.4, 0.5) is 24.5 Å². The average molecular weight is 445 g/mol. The Morgan fingerprint density at radius 1 is 1.03 bits per heavy atom. The molecular weight excluding hydrogens is 425 g/mol. The molecule has 0 unspecified atom stereocenters. The molecule has 0 aliphatic carbocycles. The van der Waals surface area contributed by atoms with Gasteiger partial charge in [0.1, 0.15) is 0 Å². The summed E-state index contributed by atoms with van der Waals surface area (Å²) in [5.74, 6) is -0.609. The highest BCUT2D eigenvalue weighted by molar-refractivity contribution is 6.30. The zero-order valence-corrected chi connectivity index (χ0v) is 17.3. The van der Waals surface area contributed by atoms with Gasteiger partial charge >= 0.3 is 6.18 Å². The first-order valence-electron chi connectivity index (χ1n) is 9.91. The summed E-state index contributed by atoms with van der Waals surface area (Å²) in [6.45, 7) is 1.66. The molecule has 0 aromatic heterocycles. The predicted octanol–water partition coefficient (Wildman–Crippen LogP) is 6.56. The van der Waals surface area contributed by atoms with Crippen molar-refractivity contribution in [2.75, 3.05) is 16.8 Å². The number of carbonyl (C=O) groups is 1. The number of nitrogens with one attached hydrogen (secondary N) is 1. The van der Waals surface area contributed by atoms with Crippen LogP contribution in [0, 0.1) is 0 Å². The van der Waals surface area contributed by atoms with Crippen molar-refractivity contribution in [1.29, 1.82) is 0 Å². The van der Waals surface area contributed by atoms with Gasteiger partial charge in [-0.3, -0.25) is 4.79 Å². The van der Waals surface area contributed by atoms with E-state index in [1.165, 1.54) is 17.3 Å². The van der Waals surface area contributed by atoms with Gasteiger partial charge in [0.05, 0.1) is 11.3 Å². The number of benzene rings is 3. The van der Waals surface area contributed by atoms with E-state index in [4.69, 9.17) is 11.6 Å². The number of carbonyl (C=O) groups excluding carboxylic acids is 1. The number of halogens is 4. The van der Waals surface area contributed by atoms with Gasteiger partial charge in [0.25, 0.3) is 5.91 Å². The molecule has 1 aliphatic rings. The number of para-hydroxylation sites is 1. The Hall–Kier alpha value is -2.99. The lowest BCUT2D eigenvalue weighted by molar-refractivity contribution is -0.136. The molecule has 0 saturated carbocycles. The second-order valence-electron chi connectivity index (χ2n) is 7.49. The maximum absolute atomic E-state index is 13.2. The summed E-state index contributed by atoms with van der Waals surface area (Å²) in [4.78, 5) is 14.8. The normalized spacial score (nSPS) is 13.6. The summed E-state index contributed by atoms with van der Waals surface area (Å²) in [6, 6.07) is 18.5. The van der Waals surface area contributed by atoms with E-state index in [-0.39, 0.29) is 16.3 Å². The minimum absolute atomic E-state index is 0.0473. The number of aryl methyl sites for hydroxylation is 1. The third-order valence-corrected chi connectivity index (χ3v) is 5.57. The minimum Gasteiger partial charge on any atom is -0.367 e. The van der Waals surface area contributed by atoms with Crippen LogP contribution in [0.1, 0.15) is 33.5 Å². The van der Waals surface area contributed by atoms with Crippen molar-refractivity contribution in [3.63, 3.8) is 0 Å². The van der Waals surface area contributed by atoms with Crippen LogP contribution in [0.25, 0.3) is 0 Å². The van der Waals surface area contributed by atoms with Gasteiger partial charge in [-0.05, 0) is 60.4 Å². The molecule has 7 heteroatoms. The Labute approximate surface area is 183 Å². The van der Waals surface area contributed by atoms with Gasteiger partial charge < -0.3 is 10.2 Å². The van der Waals surface area contributed by atoms with Crippen molar-refractivity contribution in [3.8, 4) is 0 Å². The average Bonchev–Trinajstić information content (AvgIpc) is 2.75. The number of rotatable bonds is 4. The fraction of sp³-hybridized carbons (Fsp3) is 0.208. The van der Waals surface area contributed by atoms with E-state index < -0.39 is 17.6 Å². The standard InChI is InChI=1S/C24H20ClF3N2O/c25-19-11-12-21(20(14-19)24(26,27)28)29-23(31)18-9-7-16(8-10-18)15-30-13-3-5-17-4-1-2-6-22(17)30/h1-2,4,6-12,14H,3,5,13,15H2,(H,29,31). The molecule has 1 N–H and O–H groups in total. The molecule has 3 aromatic rings. The summed E-state index contributed by atoms with van der Waals surface area (Å²) in [6.07, 6.45) is -2.47. The number of amides is 1. The highest BCUT2D eigenvalue weighted by Gasteiger charge is 2.34. The number of alkyl halides is 3. The maximum atomic E-state index is 13.2. The number of hydrogen-bond donors (Lipinski definition) is 1. The number of hydrogen-bond acceptors (Lipinski definition) is 2. The first-order valence-corrected chi connectivity index (χ1v) is 10.3. The molecule has 0 fully saturated rings. The Morgan fingerprint density at radius 2 is 1.77 bits per heavy atom. The third kappa shape index (κ3) is 4.85. The second-order valence-corrected chi connectivity index (χ2v) is 7.93. The van der Waals surface area contributed by atoms with Crippen LogP contribution in [-0.2, 0) is 19.1 Å². The van der Waals surface area contributed by atoms with E-state index in [1.54, 1.807) is 12.1 Å². The van der Waals surface area contributed by atoms with E-state index in [0.29, 0.717) is 6.54 Å². The van der Waals surface area contributed by atoms with E-state index >= 15 is 0 Å². The molecule has 1 aliphatic heterocycles. The highest BCUT2D eigenvalue weighted by atomic mass is 35.5. The smallest absolute Gasteiger partial charge is 0.367 e. The fourth-order valence-electron chi connectivity index (χ4n) is 3.81. The SMILES string of the molecule is O=C(Nc1ccc(Cl)cc1C(F)(F)F)c1ccc(CN2CCCc3ccccc32)cc1. The van der Waals surface area contributed by atoms with Crippen LogP contribution < -0.4 is 10.2 Å². The van der Waals surface area contributed by atoms with E-state index in [2.05, 4.69) is 22.3 Å². The van der Waals surface area contributed by atoms with Gasteiger partial charge in [-0.25, -0.2) is 0 Å². The maximum Gasteiger partial charge on any atom is 0.418 e. The molecular formula is C24H20ClF3N2O. The van der Waals surface area contributed by atoms with E-state index in [1.807, 2.05) is 24.3 Å². The predicted molar refractivity (Wildman–Crippen MR) is 117 cm³/mol. The van der Waals surface area contributed by atoms with E-state index in [9.17, 15) is 18.0 Å². The summed E-state index contributed by atoms with van der Waals surface area (Å²) >= 11 is 5.69. The lowest BCUT2D eigenvalue weighted by atomic mass is 10.0. The van der Waals surface area contributed by atoms with Crippen molar-refractivity contribution in [2.24, 2.45) is 0 Å². The van der Waals surface area contributed by atoms with E-state index in [0.717, 1.165) is 37.1 Å². The molecule has 160 valence electrons. The van der Waals surface area contributed by atoms with Crippen LogP contribution >= 0.6 is 11.6 Å². The number of anilines is 2. The second kappa shape index (κ2) is 8.63. The highest BCUT2D eigenvalue weighted by Crippen LogP contribution is 2.36. The van der Waals surface area contributed by atoms with Crippen LogP contribution in [0.3, 0.4) is 0 Å². The third-order valence-electron chi connectivity index (χ3n) is 5.33. The molecule has 0 radical (unpaired) electrons. The van der Waals surface area contributed by atoms with Crippen molar-refractivity contribution >= 4 is 28.9 Å². The monoisotopic (exact) mass is 444 g/mol. The van der Waals surface area contributed by atoms with Gasteiger partial charge in [0.2, 0.25) is 0 Å². The van der Waals surface area contributed by atoms with Gasteiger partial charge in [0, 0.05) is 29.4 Å². The van der Waals surface area contributed by atoms with Gasteiger partial charge in [0.15, 0.2) is 0 Å². The quantitative estimate of drug-likeness (QED) is 0.494. The number of nitrogens with zero attached hydrogens (tertiary/aromatic N) is 1. The Bertz CT molecular complexity index is 1100. The topological polar surface area (TPSA) is 32.3 Å². The molecule has 1 amide bonds. The molecule has 0 spiro atoms.